The third-order valence-corrected chi connectivity index (χ3v) is 6.33. The van der Waals surface area contributed by atoms with Gasteiger partial charge in [-0.2, -0.15) is 0 Å². The summed E-state index contributed by atoms with van der Waals surface area (Å²) in [5.74, 6) is -0.213. The van der Waals surface area contributed by atoms with Gasteiger partial charge in [-0.3, -0.25) is 9.52 Å². The molecule has 1 unspecified atom stereocenters. The van der Waals surface area contributed by atoms with Gasteiger partial charge in [-0.25, -0.2) is 13.4 Å². The second kappa shape index (κ2) is 8.06. The number of rotatable bonds is 5. The van der Waals surface area contributed by atoms with Crippen molar-refractivity contribution in [1.82, 2.24) is 4.98 Å². The molecule has 1 aliphatic heterocycles. The summed E-state index contributed by atoms with van der Waals surface area (Å²) in [5, 5.41) is 2.21. The van der Waals surface area contributed by atoms with Gasteiger partial charge in [-0.1, -0.05) is 6.07 Å². The number of amides is 1. The first-order valence-corrected chi connectivity index (χ1v) is 10.3. The molecule has 2 N–H and O–H groups in total. The number of sulfonamides is 1. The largest absolute Gasteiger partial charge is 0.380 e. The van der Waals surface area contributed by atoms with E-state index in [0.717, 1.165) is 11.1 Å². The minimum atomic E-state index is -3.62. The predicted molar refractivity (Wildman–Crippen MR) is 104 cm³/mol. The average molecular weight is 389 g/mol. The van der Waals surface area contributed by atoms with Crippen LogP contribution in [0, 0.1) is 13.8 Å². The van der Waals surface area contributed by atoms with Gasteiger partial charge in [0.15, 0.2) is 0 Å². The van der Waals surface area contributed by atoms with Crippen LogP contribution in [-0.4, -0.2) is 37.8 Å². The number of hydrogen-bond donors (Lipinski definition) is 2. The molecular weight excluding hydrogens is 366 g/mol. The van der Waals surface area contributed by atoms with E-state index in [1.165, 1.54) is 18.3 Å². The lowest BCUT2D eigenvalue weighted by atomic mass is 10.1. The van der Waals surface area contributed by atoms with E-state index in [4.69, 9.17) is 4.74 Å². The fourth-order valence-electron chi connectivity index (χ4n) is 2.84. The van der Waals surface area contributed by atoms with Crippen molar-refractivity contribution >= 4 is 27.4 Å². The maximum Gasteiger partial charge on any atom is 0.255 e. The van der Waals surface area contributed by atoms with Crippen LogP contribution in [-0.2, 0) is 14.8 Å². The van der Waals surface area contributed by atoms with Crippen molar-refractivity contribution < 1.29 is 17.9 Å². The summed E-state index contributed by atoms with van der Waals surface area (Å²) in [5.41, 5.74) is 3.22. The van der Waals surface area contributed by atoms with Crippen LogP contribution < -0.4 is 10.0 Å². The lowest BCUT2D eigenvalue weighted by Gasteiger charge is -2.22. The molecule has 2 heterocycles. The van der Waals surface area contributed by atoms with Crippen LogP contribution in [0.25, 0.3) is 0 Å². The highest BCUT2D eigenvalue weighted by molar-refractivity contribution is 7.93. The second-order valence-corrected chi connectivity index (χ2v) is 8.63. The minimum absolute atomic E-state index is 0.119. The Labute approximate surface area is 159 Å². The first-order valence-electron chi connectivity index (χ1n) is 8.79. The van der Waals surface area contributed by atoms with Crippen molar-refractivity contribution in [2.24, 2.45) is 0 Å². The predicted octanol–water partition coefficient (Wildman–Crippen LogP) is 2.87. The van der Waals surface area contributed by atoms with Gasteiger partial charge in [0.2, 0.25) is 10.0 Å². The Balaban J connectivity index is 1.72. The fraction of sp³-hybridized carbons (Fsp3) is 0.368. The molecule has 0 aliphatic carbocycles. The molecule has 0 radical (unpaired) electrons. The average Bonchev–Trinajstić information content (AvgIpc) is 2.65. The van der Waals surface area contributed by atoms with Crippen LogP contribution in [0.3, 0.4) is 0 Å². The summed E-state index contributed by atoms with van der Waals surface area (Å²) in [7, 11) is -3.62. The molecule has 1 fully saturated rings. The van der Waals surface area contributed by atoms with Crippen molar-refractivity contribution in [2.45, 2.75) is 31.9 Å². The number of aryl methyl sites for hydroxylation is 2. The van der Waals surface area contributed by atoms with Gasteiger partial charge in [0.25, 0.3) is 5.91 Å². The van der Waals surface area contributed by atoms with Crippen molar-refractivity contribution in [3.63, 3.8) is 0 Å². The number of anilines is 2. The molecule has 27 heavy (non-hydrogen) atoms. The van der Waals surface area contributed by atoms with Crippen LogP contribution in [0.15, 0.2) is 36.5 Å². The van der Waals surface area contributed by atoms with Crippen LogP contribution in [0.5, 0.6) is 0 Å². The van der Waals surface area contributed by atoms with E-state index >= 15 is 0 Å². The Morgan fingerprint density at radius 2 is 2.00 bits per heavy atom. The third kappa shape index (κ3) is 4.84. The molecule has 0 saturated carbocycles. The van der Waals surface area contributed by atoms with Crippen molar-refractivity contribution in [1.29, 1.82) is 0 Å². The molecule has 1 amide bonds. The highest BCUT2D eigenvalue weighted by atomic mass is 32.2. The maximum absolute atomic E-state index is 12.5. The van der Waals surface area contributed by atoms with Crippen LogP contribution in [0.2, 0.25) is 0 Å². The van der Waals surface area contributed by atoms with Gasteiger partial charge in [0.1, 0.15) is 11.1 Å². The van der Waals surface area contributed by atoms with Crippen LogP contribution in [0.4, 0.5) is 11.5 Å². The summed E-state index contributed by atoms with van der Waals surface area (Å²) >= 11 is 0. The quantitative estimate of drug-likeness (QED) is 0.819. The molecule has 0 bridgehead atoms. The number of benzene rings is 1. The maximum atomic E-state index is 12.5. The number of pyridine rings is 1. The molecule has 1 aliphatic rings. The standard InChI is InChI=1S/C19H23N3O4S/c1-13-5-6-16(10-14(13)2)21-19(23)15-7-8-20-18(11-15)22-27(24,25)17-4-3-9-26-12-17/h5-8,10-11,17H,3-4,9,12H2,1-2H3,(H,20,22)(H,21,23). The van der Waals surface area contributed by atoms with E-state index < -0.39 is 15.3 Å². The van der Waals surface area contributed by atoms with Gasteiger partial charge < -0.3 is 10.1 Å². The third-order valence-electron chi connectivity index (χ3n) is 4.59. The van der Waals surface area contributed by atoms with E-state index in [1.807, 2.05) is 32.0 Å². The second-order valence-electron chi connectivity index (χ2n) is 6.67. The SMILES string of the molecule is Cc1ccc(NC(=O)c2ccnc(NS(=O)(=O)C3CCCOC3)c2)cc1C. The van der Waals surface area contributed by atoms with Gasteiger partial charge in [0.05, 0.1) is 6.61 Å². The summed E-state index contributed by atoms with van der Waals surface area (Å²) in [4.78, 5) is 16.5. The van der Waals surface area contributed by atoms with E-state index in [2.05, 4.69) is 15.0 Å². The smallest absolute Gasteiger partial charge is 0.255 e. The summed E-state index contributed by atoms with van der Waals surface area (Å²) < 4.78 is 32.6. The molecule has 1 aromatic carbocycles. The Morgan fingerprint density at radius 3 is 2.70 bits per heavy atom. The van der Waals surface area contributed by atoms with Crippen LogP contribution in [0.1, 0.15) is 34.3 Å². The molecule has 8 heteroatoms. The minimum Gasteiger partial charge on any atom is -0.380 e. The van der Waals surface area contributed by atoms with Gasteiger partial charge in [0, 0.05) is 24.1 Å². The summed E-state index contributed by atoms with van der Waals surface area (Å²) in [6, 6.07) is 8.62. The van der Waals surface area contributed by atoms with E-state index in [1.54, 1.807) is 0 Å². The van der Waals surface area contributed by atoms with Gasteiger partial charge >= 0.3 is 0 Å². The number of ether oxygens (including phenoxy) is 1. The number of carbonyl (C=O) groups excluding carboxylic acids is 1. The van der Waals surface area contributed by atoms with Crippen LogP contribution >= 0.6 is 0 Å². The highest BCUT2D eigenvalue weighted by Gasteiger charge is 2.28. The number of nitrogens with one attached hydrogen (secondary N) is 2. The van der Waals surface area contributed by atoms with E-state index in [9.17, 15) is 13.2 Å². The zero-order valence-corrected chi connectivity index (χ0v) is 16.2. The first kappa shape index (κ1) is 19.3. The van der Waals surface area contributed by atoms with Gasteiger partial charge in [-0.05, 0) is 62.1 Å². The molecule has 1 saturated heterocycles. The zero-order valence-electron chi connectivity index (χ0n) is 15.4. The molecule has 7 nitrogen and oxygen atoms in total. The molecule has 0 spiro atoms. The first-order chi connectivity index (χ1) is 12.8. The van der Waals surface area contributed by atoms with Crippen molar-refractivity contribution in [3.8, 4) is 0 Å². The Kier molecular flexibility index (Phi) is 5.76. The normalized spacial score (nSPS) is 17.3. The number of nitrogens with zero attached hydrogens (tertiary/aromatic N) is 1. The molecule has 144 valence electrons. The van der Waals surface area contributed by atoms with Crippen molar-refractivity contribution in [3.05, 3.63) is 53.2 Å². The Morgan fingerprint density at radius 1 is 1.19 bits per heavy atom. The molecule has 3 rings (SSSR count). The number of hydrogen-bond acceptors (Lipinski definition) is 5. The molecule has 1 atom stereocenters. The van der Waals surface area contributed by atoms with E-state index in [0.29, 0.717) is 30.7 Å². The fourth-order valence-corrected chi connectivity index (χ4v) is 4.16. The van der Waals surface area contributed by atoms with Gasteiger partial charge in [-0.15, -0.1) is 0 Å². The molecular formula is C19H23N3O4S. The molecule has 1 aromatic heterocycles. The number of carbonyl (C=O) groups is 1. The molecule has 2 aromatic rings. The van der Waals surface area contributed by atoms with E-state index in [-0.39, 0.29) is 18.3 Å². The lowest BCUT2D eigenvalue weighted by Crippen LogP contribution is -2.35. The van der Waals surface area contributed by atoms with Crippen molar-refractivity contribution in [2.75, 3.05) is 23.3 Å². The lowest BCUT2D eigenvalue weighted by molar-refractivity contribution is 0.0992. The highest BCUT2D eigenvalue weighted by Crippen LogP contribution is 2.19. The summed E-state index contributed by atoms with van der Waals surface area (Å²) in [6.45, 7) is 4.72. The Hall–Kier alpha value is -2.45. The number of aromatic nitrogens is 1. The Bertz CT molecular complexity index is 938. The topological polar surface area (TPSA) is 97.4 Å². The monoisotopic (exact) mass is 389 g/mol. The summed E-state index contributed by atoms with van der Waals surface area (Å²) in [6.07, 6.45) is 2.66. The zero-order chi connectivity index (χ0) is 19.4.